The Morgan fingerprint density at radius 1 is 1.08 bits per heavy atom. The van der Waals surface area contributed by atoms with Crippen LogP contribution >= 0.6 is 11.3 Å². The van der Waals surface area contributed by atoms with Crippen LogP contribution in [0.1, 0.15) is 38.5 Å². The van der Waals surface area contributed by atoms with Crippen molar-refractivity contribution in [3.8, 4) is 0 Å². The predicted molar refractivity (Wildman–Crippen MR) is 97.5 cm³/mol. The van der Waals surface area contributed by atoms with Crippen LogP contribution in [0.25, 0.3) is 0 Å². The van der Waals surface area contributed by atoms with Crippen LogP contribution in [0.2, 0.25) is 0 Å². The smallest absolute Gasteiger partial charge is 0.237 e. The Bertz CT molecular complexity index is 539. The Labute approximate surface area is 148 Å². The summed E-state index contributed by atoms with van der Waals surface area (Å²) in [7, 11) is 0. The van der Waals surface area contributed by atoms with E-state index in [2.05, 4.69) is 19.7 Å². The number of hydrogen-bond acceptors (Lipinski definition) is 5. The van der Waals surface area contributed by atoms with Gasteiger partial charge in [0.25, 0.3) is 0 Å². The second kappa shape index (κ2) is 7.40. The number of likely N-dealkylation sites (tertiary alicyclic amines) is 1. The highest BCUT2D eigenvalue weighted by Gasteiger charge is 2.36. The molecule has 2 aliphatic heterocycles. The van der Waals surface area contributed by atoms with E-state index in [9.17, 15) is 4.79 Å². The van der Waals surface area contributed by atoms with E-state index in [4.69, 9.17) is 0 Å². The van der Waals surface area contributed by atoms with Crippen LogP contribution in [-0.2, 0) is 4.79 Å². The number of anilines is 1. The maximum Gasteiger partial charge on any atom is 0.237 e. The van der Waals surface area contributed by atoms with Gasteiger partial charge in [-0.3, -0.25) is 9.69 Å². The van der Waals surface area contributed by atoms with Crippen molar-refractivity contribution in [2.45, 2.75) is 44.6 Å². The van der Waals surface area contributed by atoms with E-state index in [1.807, 2.05) is 11.6 Å². The van der Waals surface area contributed by atoms with E-state index in [0.717, 1.165) is 43.8 Å². The van der Waals surface area contributed by atoms with Gasteiger partial charge in [-0.2, -0.15) is 0 Å². The molecule has 0 spiro atoms. The van der Waals surface area contributed by atoms with Gasteiger partial charge in [-0.1, -0.05) is 12.8 Å². The summed E-state index contributed by atoms with van der Waals surface area (Å²) in [6, 6.07) is 0.539. The molecule has 6 heteroatoms. The summed E-state index contributed by atoms with van der Waals surface area (Å²) < 4.78 is 0. The van der Waals surface area contributed by atoms with Crippen molar-refractivity contribution >= 4 is 22.4 Å². The lowest BCUT2D eigenvalue weighted by atomic mass is 9.78. The fourth-order valence-electron chi connectivity index (χ4n) is 4.69. The number of nitrogens with zero attached hydrogens (tertiary/aromatic N) is 4. The third-order valence-electron chi connectivity index (χ3n) is 5.98. The summed E-state index contributed by atoms with van der Waals surface area (Å²) in [5.74, 6) is 1.15. The Balaban J connectivity index is 1.30. The topological polar surface area (TPSA) is 39.7 Å². The average Bonchev–Trinajstić information content (AvgIpc) is 3.16. The van der Waals surface area contributed by atoms with Crippen LogP contribution < -0.4 is 4.90 Å². The fraction of sp³-hybridized carbons (Fsp3) is 0.778. The highest BCUT2D eigenvalue weighted by molar-refractivity contribution is 7.13. The van der Waals surface area contributed by atoms with Gasteiger partial charge in [0.05, 0.1) is 6.54 Å². The maximum absolute atomic E-state index is 12.9. The van der Waals surface area contributed by atoms with Crippen molar-refractivity contribution in [2.24, 2.45) is 5.92 Å². The van der Waals surface area contributed by atoms with Gasteiger partial charge in [0, 0.05) is 50.3 Å². The van der Waals surface area contributed by atoms with Crippen molar-refractivity contribution in [3.05, 3.63) is 11.6 Å². The van der Waals surface area contributed by atoms with Crippen LogP contribution in [0, 0.1) is 5.92 Å². The number of aromatic nitrogens is 1. The lowest BCUT2D eigenvalue weighted by molar-refractivity contribution is -0.138. The SMILES string of the molecule is O=C(CN1CCN(c2nccs2)CC1)N1CCCC2CCCCC21. The van der Waals surface area contributed by atoms with Crippen LogP contribution in [0.5, 0.6) is 0 Å². The van der Waals surface area contributed by atoms with Crippen LogP contribution in [0.4, 0.5) is 5.13 Å². The molecule has 5 nitrogen and oxygen atoms in total. The molecule has 2 saturated heterocycles. The molecule has 24 heavy (non-hydrogen) atoms. The minimum Gasteiger partial charge on any atom is -0.346 e. The van der Waals surface area contributed by atoms with Crippen molar-refractivity contribution in [1.29, 1.82) is 0 Å². The first-order chi connectivity index (χ1) is 11.8. The molecule has 0 N–H and O–H groups in total. The third-order valence-corrected chi connectivity index (χ3v) is 6.82. The zero-order chi connectivity index (χ0) is 16.4. The van der Waals surface area contributed by atoms with E-state index in [0.29, 0.717) is 18.5 Å². The van der Waals surface area contributed by atoms with Gasteiger partial charge in [-0.15, -0.1) is 11.3 Å². The van der Waals surface area contributed by atoms with Crippen molar-refractivity contribution in [3.63, 3.8) is 0 Å². The molecule has 0 bridgehead atoms. The molecule has 3 fully saturated rings. The Morgan fingerprint density at radius 3 is 2.67 bits per heavy atom. The lowest BCUT2D eigenvalue weighted by Gasteiger charge is -2.45. The quantitative estimate of drug-likeness (QED) is 0.841. The first-order valence-electron chi connectivity index (χ1n) is 9.47. The summed E-state index contributed by atoms with van der Waals surface area (Å²) in [5, 5.41) is 3.14. The van der Waals surface area contributed by atoms with E-state index in [-0.39, 0.29) is 0 Å². The van der Waals surface area contributed by atoms with Gasteiger partial charge in [0.15, 0.2) is 5.13 Å². The summed E-state index contributed by atoms with van der Waals surface area (Å²) in [4.78, 5) is 24.2. The molecule has 0 aromatic carbocycles. The van der Waals surface area contributed by atoms with E-state index >= 15 is 0 Å². The predicted octanol–water partition coefficient (Wildman–Crippen LogP) is 2.45. The van der Waals surface area contributed by atoms with E-state index in [1.54, 1.807) is 11.3 Å². The zero-order valence-corrected chi connectivity index (χ0v) is 15.2. The largest absolute Gasteiger partial charge is 0.346 e. The molecular weight excluding hydrogens is 320 g/mol. The third kappa shape index (κ3) is 3.45. The molecule has 0 radical (unpaired) electrons. The number of piperidine rings is 1. The van der Waals surface area contributed by atoms with Gasteiger partial charge in [-0.25, -0.2) is 4.98 Å². The molecule has 3 heterocycles. The van der Waals surface area contributed by atoms with Gasteiger partial charge in [0.1, 0.15) is 0 Å². The van der Waals surface area contributed by atoms with Crippen LogP contribution in [0.3, 0.4) is 0 Å². The molecule has 3 aliphatic rings. The molecule has 1 amide bonds. The summed E-state index contributed by atoms with van der Waals surface area (Å²) in [6.45, 7) is 5.48. The Kier molecular flexibility index (Phi) is 5.03. The molecule has 132 valence electrons. The van der Waals surface area contributed by atoms with Gasteiger partial charge in [-0.05, 0) is 31.6 Å². The molecule has 2 unspecified atom stereocenters. The number of rotatable bonds is 3. The lowest BCUT2D eigenvalue weighted by Crippen LogP contribution is -2.54. The number of thiazole rings is 1. The average molecular weight is 349 g/mol. The van der Waals surface area contributed by atoms with Crippen molar-refractivity contribution < 1.29 is 4.79 Å². The molecule has 1 aromatic rings. The normalized spacial score (nSPS) is 28.7. The van der Waals surface area contributed by atoms with Gasteiger partial charge >= 0.3 is 0 Å². The molecule has 2 atom stereocenters. The Morgan fingerprint density at radius 2 is 1.88 bits per heavy atom. The minimum absolute atomic E-state index is 0.370. The molecule has 1 saturated carbocycles. The van der Waals surface area contributed by atoms with Crippen molar-refractivity contribution in [1.82, 2.24) is 14.8 Å². The number of hydrogen-bond donors (Lipinski definition) is 0. The maximum atomic E-state index is 12.9. The van der Waals surface area contributed by atoms with E-state index < -0.39 is 0 Å². The molecule has 4 rings (SSSR count). The minimum atomic E-state index is 0.370. The molecular formula is C18H28N4OS. The van der Waals surface area contributed by atoms with E-state index in [1.165, 1.54) is 38.5 Å². The van der Waals surface area contributed by atoms with Crippen LogP contribution in [-0.4, -0.2) is 66.0 Å². The molecule has 1 aromatic heterocycles. The number of amides is 1. The first-order valence-corrected chi connectivity index (χ1v) is 10.4. The monoisotopic (exact) mass is 348 g/mol. The second-order valence-electron chi connectivity index (χ2n) is 7.42. The second-order valence-corrected chi connectivity index (χ2v) is 8.29. The zero-order valence-electron chi connectivity index (χ0n) is 14.4. The van der Waals surface area contributed by atoms with Crippen LogP contribution in [0.15, 0.2) is 11.6 Å². The summed E-state index contributed by atoms with van der Waals surface area (Å²) >= 11 is 1.70. The standard InChI is InChI=1S/C18H28N4OS/c23-17(22-8-3-5-15-4-1-2-6-16(15)22)14-20-9-11-21(12-10-20)18-19-7-13-24-18/h7,13,15-16H,1-6,8-12,14H2. The highest BCUT2D eigenvalue weighted by atomic mass is 32.1. The van der Waals surface area contributed by atoms with Gasteiger partial charge < -0.3 is 9.80 Å². The van der Waals surface area contributed by atoms with Gasteiger partial charge in [0.2, 0.25) is 5.91 Å². The number of carbonyl (C=O) groups is 1. The molecule has 1 aliphatic carbocycles. The Hall–Kier alpha value is -1.14. The summed E-state index contributed by atoms with van der Waals surface area (Å²) in [5.41, 5.74) is 0. The number of carbonyl (C=O) groups excluding carboxylic acids is 1. The number of fused-ring (bicyclic) bond motifs is 1. The van der Waals surface area contributed by atoms with Crippen molar-refractivity contribution in [2.75, 3.05) is 44.2 Å². The number of piperazine rings is 1. The summed E-state index contributed by atoms with van der Waals surface area (Å²) in [6.07, 6.45) is 9.63. The first kappa shape index (κ1) is 16.3. The fourth-order valence-corrected chi connectivity index (χ4v) is 5.38. The highest BCUT2D eigenvalue weighted by Crippen LogP contribution is 2.35.